The number of fused-ring (bicyclic) bond motifs is 1. The van der Waals surface area contributed by atoms with Crippen LogP contribution in [0.4, 0.5) is 0 Å². The van der Waals surface area contributed by atoms with Crippen molar-refractivity contribution >= 4 is 33.2 Å². The molecule has 3 heterocycles. The summed E-state index contributed by atoms with van der Waals surface area (Å²) in [5.41, 5.74) is 2.16. The Labute approximate surface area is 176 Å². The number of nitrogens with zero attached hydrogens (tertiary/aromatic N) is 4. The van der Waals surface area contributed by atoms with Crippen LogP contribution in [-0.4, -0.2) is 40.2 Å². The number of pyridine rings is 1. The number of nitrogens with one attached hydrogen (secondary N) is 2. The Morgan fingerprint density at radius 1 is 1.30 bits per heavy atom. The van der Waals surface area contributed by atoms with Gasteiger partial charge < -0.3 is 0 Å². The minimum absolute atomic E-state index is 0.267. The van der Waals surface area contributed by atoms with E-state index < -0.39 is 16.1 Å². The number of amides is 1. The summed E-state index contributed by atoms with van der Waals surface area (Å²) < 4.78 is 31.9. The average Bonchev–Trinajstić information content (AvgIpc) is 3.19. The van der Waals surface area contributed by atoms with Crippen LogP contribution < -0.4 is 9.44 Å². The third kappa shape index (κ3) is 4.95. The summed E-state index contributed by atoms with van der Waals surface area (Å²) in [6.07, 6.45) is 7.03. The molecule has 0 aromatic carbocycles. The van der Waals surface area contributed by atoms with Crippen molar-refractivity contribution in [1.82, 2.24) is 28.8 Å². The quantitative estimate of drug-likeness (QED) is 0.532. The van der Waals surface area contributed by atoms with Gasteiger partial charge in [0.15, 0.2) is 0 Å². The van der Waals surface area contributed by atoms with Gasteiger partial charge in [-0.15, -0.1) is 0 Å². The monoisotopic (exact) mass is 430 g/mol. The summed E-state index contributed by atoms with van der Waals surface area (Å²) in [6.45, 7) is 6.08. The molecule has 0 spiro atoms. The van der Waals surface area contributed by atoms with Crippen molar-refractivity contribution in [2.24, 2.45) is 13.0 Å². The number of carbonyl (C=O) groups excluding carboxylic acids is 1. The van der Waals surface area contributed by atoms with E-state index in [-0.39, 0.29) is 6.54 Å². The summed E-state index contributed by atoms with van der Waals surface area (Å²) in [6, 6.07) is 5.77. The van der Waals surface area contributed by atoms with Gasteiger partial charge in [-0.1, -0.05) is 13.8 Å². The maximum absolute atomic E-state index is 12.2. The van der Waals surface area contributed by atoms with E-state index in [9.17, 15) is 13.2 Å². The van der Waals surface area contributed by atoms with E-state index in [0.29, 0.717) is 23.6 Å². The lowest BCUT2D eigenvalue weighted by Gasteiger charge is -2.08. The molecule has 0 fully saturated rings. The highest BCUT2D eigenvalue weighted by molar-refractivity contribution is 7.88. The molecular formula is C20H26N6O3S. The van der Waals surface area contributed by atoms with Crippen LogP contribution >= 0.6 is 0 Å². The zero-order valence-corrected chi connectivity index (χ0v) is 18.3. The van der Waals surface area contributed by atoms with Crippen molar-refractivity contribution in [3.05, 3.63) is 47.9 Å². The largest absolute Gasteiger partial charge is 0.301 e. The van der Waals surface area contributed by atoms with Gasteiger partial charge in [-0.05, 0) is 43.5 Å². The molecule has 0 unspecified atom stereocenters. The summed E-state index contributed by atoms with van der Waals surface area (Å²) in [7, 11) is -2.10. The van der Waals surface area contributed by atoms with Crippen LogP contribution in [0.15, 0.2) is 36.7 Å². The fourth-order valence-electron chi connectivity index (χ4n) is 3.12. The number of carbonyl (C=O) groups is 1. The maximum Gasteiger partial charge on any atom is 0.301 e. The fraction of sp³-hybridized carbons (Fsp3) is 0.350. The van der Waals surface area contributed by atoms with E-state index in [2.05, 4.69) is 14.8 Å². The van der Waals surface area contributed by atoms with Gasteiger partial charge >= 0.3 is 10.2 Å². The summed E-state index contributed by atoms with van der Waals surface area (Å²) in [5, 5.41) is 5.41. The van der Waals surface area contributed by atoms with Crippen LogP contribution in [-0.2, 0) is 22.1 Å². The smallest absolute Gasteiger partial charge is 0.285 e. The number of aromatic nitrogens is 4. The minimum atomic E-state index is -3.90. The van der Waals surface area contributed by atoms with Crippen LogP contribution in [0.25, 0.3) is 22.9 Å². The molecule has 1 amide bonds. The SMILES string of the molecule is Cc1nn(C)c(-n2ccc3cccnc32)c1C=CC(=O)NS(=O)(=O)NCCC(C)C. The predicted molar refractivity (Wildman–Crippen MR) is 116 cm³/mol. The molecule has 0 bridgehead atoms. The Kier molecular flexibility index (Phi) is 6.37. The molecule has 0 saturated carbocycles. The molecule has 0 saturated heterocycles. The summed E-state index contributed by atoms with van der Waals surface area (Å²) in [5.74, 6) is 0.342. The Hall–Kier alpha value is -2.98. The first-order chi connectivity index (χ1) is 14.2. The average molecular weight is 431 g/mol. The summed E-state index contributed by atoms with van der Waals surface area (Å²) in [4.78, 5) is 16.6. The van der Waals surface area contributed by atoms with Crippen molar-refractivity contribution < 1.29 is 13.2 Å². The van der Waals surface area contributed by atoms with Gasteiger partial charge in [-0.25, -0.2) is 9.71 Å². The highest BCUT2D eigenvalue weighted by atomic mass is 32.2. The van der Waals surface area contributed by atoms with E-state index in [1.54, 1.807) is 24.0 Å². The number of aryl methyl sites for hydroxylation is 2. The van der Waals surface area contributed by atoms with Crippen molar-refractivity contribution in [1.29, 1.82) is 0 Å². The van der Waals surface area contributed by atoms with Gasteiger partial charge in [0, 0.05) is 43.0 Å². The predicted octanol–water partition coefficient (Wildman–Crippen LogP) is 2.08. The Balaban J connectivity index is 1.82. The molecule has 0 aliphatic rings. The number of hydrogen-bond acceptors (Lipinski definition) is 5. The topological polar surface area (TPSA) is 111 Å². The van der Waals surface area contributed by atoms with E-state index in [1.165, 1.54) is 6.08 Å². The van der Waals surface area contributed by atoms with Crippen LogP contribution in [0.2, 0.25) is 0 Å². The standard InChI is InChI=1S/C20H26N6O3S/c1-14(2)9-12-22-30(28,29)24-18(27)8-7-17-15(3)23-25(4)20(17)26-13-10-16-6-5-11-21-19(16)26/h5-8,10-11,13-14,22H,9,12H2,1-4H3,(H,24,27). The first kappa shape index (κ1) is 21.7. The summed E-state index contributed by atoms with van der Waals surface area (Å²) >= 11 is 0. The molecule has 30 heavy (non-hydrogen) atoms. The van der Waals surface area contributed by atoms with Crippen LogP contribution in [0, 0.1) is 12.8 Å². The molecule has 0 aliphatic carbocycles. The maximum atomic E-state index is 12.2. The molecule has 2 N–H and O–H groups in total. The van der Waals surface area contributed by atoms with Crippen LogP contribution in [0.1, 0.15) is 31.5 Å². The van der Waals surface area contributed by atoms with Gasteiger partial charge in [0.2, 0.25) is 0 Å². The van der Waals surface area contributed by atoms with Gasteiger partial charge in [0.05, 0.1) is 5.69 Å². The normalized spacial score (nSPS) is 12.3. The first-order valence-corrected chi connectivity index (χ1v) is 11.1. The Morgan fingerprint density at radius 2 is 2.07 bits per heavy atom. The van der Waals surface area contributed by atoms with Crippen LogP contribution in [0.5, 0.6) is 0 Å². The molecule has 0 atom stereocenters. The first-order valence-electron chi connectivity index (χ1n) is 9.63. The lowest BCUT2D eigenvalue weighted by Crippen LogP contribution is -2.40. The van der Waals surface area contributed by atoms with E-state index >= 15 is 0 Å². The molecule has 0 radical (unpaired) electrons. The van der Waals surface area contributed by atoms with E-state index in [1.807, 2.05) is 54.5 Å². The molecule has 0 aliphatic heterocycles. The third-order valence-corrected chi connectivity index (χ3v) is 5.62. The second-order valence-electron chi connectivity index (χ2n) is 7.43. The molecule has 9 nitrogen and oxygen atoms in total. The molecule has 3 aromatic heterocycles. The van der Waals surface area contributed by atoms with Gasteiger partial charge in [0.1, 0.15) is 11.5 Å². The zero-order chi connectivity index (χ0) is 21.9. The number of hydrogen-bond donors (Lipinski definition) is 2. The molecule has 3 aromatic rings. The van der Waals surface area contributed by atoms with Crippen molar-refractivity contribution in [2.45, 2.75) is 27.2 Å². The second-order valence-corrected chi connectivity index (χ2v) is 8.93. The third-order valence-electron chi connectivity index (χ3n) is 4.56. The lowest BCUT2D eigenvalue weighted by atomic mass is 10.1. The van der Waals surface area contributed by atoms with Crippen molar-refractivity contribution in [2.75, 3.05) is 6.54 Å². The lowest BCUT2D eigenvalue weighted by molar-refractivity contribution is -0.114. The molecule has 160 valence electrons. The van der Waals surface area contributed by atoms with Crippen LogP contribution in [0.3, 0.4) is 0 Å². The molecule has 10 heteroatoms. The Bertz CT molecular complexity index is 1190. The van der Waals surface area contributed by atoms with E-state index in [0.717, 1.165) is 16.9 Å². The molecule has 3 rings (SSSR count). The van der Waals surface area contributed by atoms with Crippen molar-refractivity contribution in [3.8, 4) is 5.82 Å². The zero-order valence-electron chi connectivity index (χ0n) is 17.5. The minimum Gasteiger partial charge on any atom is -0.285 e. The highest BCUT2D eigenvalue weighted by Gasteiger charge is 2.17. The fourth-order valence-corrected chi connectivity index (χ4v) is 3.92. The van der Waals surface area contributed by atoms with Gasteiger partial charge in [-0.3, -0.25) is 14.0 Å². The van der Waals surface area contributed by atoms with Crippen molar-refractivity contribution in [3.63, 3.8) is 0 Å². The second kappa shape index (κ2) is 8.80. The molecular weight excluding hydrogens is 404 g/mol. The van der Waals surface area contributed by atoms with E-state index in [4.69, 9.17) is 0 Å². The van der Waals surface area contributed by atoms with Gasteiger partial charge in [0.25, 0.3) is 5.91 Å². The van der Waals surface area contributed by atoms with Gasteiger partial charge in [-0.2, -0.15) is 18.2 Å². The Morgan fingerprint density at radius 3 is 2.80 bits per heavy atom. The number of rotatable bonds is 8. The highest BCUT2D eigenvalue weighted by Crippen LogP contribution is 2.24.